The Morgan fingerprint density at radius 2 is 1.96 bits per heavy atom. The molecule has 5 nitrogen and oxygen atoms in total. The molecule has 0 saturated heterocycles. The van der Waals surface area contributed by atoms with E-state index in [4.69, 9.17) is 0 Å². The molecule has 4 rings (SSSR count). The van der Waals surface area contributed by atoms with Crippen LogP contribution in [0.2, 0.25) is 0 Å². The zero-order valence-corrected chi connectivity index (χ0v) is 13.9. The Morgan fingerprint density at radius 3 is 2.79 bits per heavy atom. The Morgan fingerprint density at radius 1 is 1.12 bits per heavy atom. The molecule has 1 aliphatic rings. The van der Waals surface area contributed by atoms with Gasteiger partial charge in [-0.25, -0.2) is 4.98 Å². The van der Waals surface area contributed by atoms with E-state index in [0.29, 0.717) is 0 Å². The van der Waals surface area contributed by atoms with Crippen molar-refractivity contribution in [3.8, 4) is 11.3 Å². The molecule has 0 bridgehead atoms. The fourth-order valence-corrected chi connectivity index (χ4v) is 3.36. The van der Waals surface area contributed by atoms with Crippen molar-refractivity contribution < 1.29 is 4.79 Å². The van der Waals surface area contributed by atoms with Crippen molar-refractivity contribution in [1.29, 1.82) is 0 Å². The van der Waals surface area contributed by atoms with Crippen molar-refractivity contribution in [2.45, 2.75) is 12.8 Å². The maximum absolute atomic E-state index is 11.8. The highest BCUT2D eigenvalue weighted by molar-refractivity contribution is 7.14. The summed E-state index contributed by atoms with van der Waals surface area (Å²) in [7, 11) is 0. The summed E-state index contributed by atoms with van der Waals surface area (Å²) in [5, 5.41) is 5.68. The highest BCUT2D eigenvalue weighted by atomic mass is 32.1. The molecule has 0 aliphatic carbocycles. The zero-order valence-electron chi connectivity index (χ0n) is 13.0. The largest absolute Gasteiger partial charge is 0.325 e. The molecule has 6 heteroatoms. The second-order valence-electron chi connectivity index (χ2n) is 5.67. The van der Waals surface area contributed by atoms with Gasteiger partial charge < -0.3 is 5.32 Å². The third kappa shape index (κ3) is 2.72. The number of nitrogens with one attached hydrogen (secondary N) is 3. The molecule has 0 radical (unpaired) electrons. The number of hydrogen-bond donors (Lipinski definition) is 3. The number of carbonyl (C=O) groups is 1. The molecule has 1 aliphatic heterocycles. The molecule has 0 saturated carbocycles. The van der Waals surface area contributed by atoms with E-state index in [1.807, 2.05) is 60.8 Å². The Bertz CT molecular complexity index is 891. The van der Waals surface area contributed by atoms with Crippen molar-refractivity contribution in [2.75, 3.05) is 16.2 Å². The maximum Gasteiger partial charge on any atom is 0.231 e. The van der Waals surface area contributed by atoms with Gasteiger partial charge in [-0.15, -0.1) is 11.3 Å². The maximum atomic E-state index is 11.8. The van der Waals surface area contributed by atoms with E-state index in [9.17, 15) is 4.79 Å². The molecule has 0 fully saturated rings. The second kappa shape index (κ2) is 5.98. The highest BCUT2D eigenvalue weighted by Gasteiger charge is 2.26. The van der Waals surface area contributed by atoms with Crippen LogP contribution in [-0.4, -0.2) is 10.9 Å². The van der Waals surface area contributed by atoms with E-state index in [1.165, 1.54) is 11.3 Å². The normalized spacial score (nSPS) is 15.7. The number of amides is 1. The van der Waals surface area contributed by atoms with Gasteiger partial charge in [0.1, 0.15) is 0 Å². The van der Waals surface area contributed by atoms with Crippen LogP contribution < -0.4 is 16.2 Å². The van der Waals surface area contributed by atoms with Gasteiger partial charge in [0, 0.05) is 16.6 Å². The minimum absolute atomic E-state index is 0.0508. The molecular formula is C18H16N4OS. The van der Waals surface area contributed by atoms with E-state index < -0.39 is 0 Å². The van der Waals surface area contributed by atoms with Crippen LogP contribution in [0.1, 0.15) is 18.4 Å². The lowest BCUT2D eigenvalue weighted by Crippen LogP contribution is -2.08. The van der Waals surface area contributed by atoms with Crippen LogP contribution in [0, 0.1) is 0 Å². The van der Waals surface area contributed by atoms with Gasteiger partial charge in [0.2, 0.25) is 11.0 Å². The third-order valence-corrected chi connectivity index (χ3v) is 4.81. The lowest BCUT2D eigenvalue weighted by molar-refractivity contribution is -0.116. The summed E-state index contributed by atoms with van der Waals surface area (Å²) in [5.74, 6) is -0.0641. The Hall–Kier alpha value is -2.86. The van der Waals surface area contributed by atoms with E-state index in [0.717, 1.165) is 33.3 Å². The number of anilines is 3. The SMILES string of the molecule is C[C@@H]1C(=O)Nc2ccc(-c3csc(NNc4ccccc4)n3)cc21. The molecule has 3 N–H and O–H groups in total. The number of thiazole rings is 1. The average Bonchev–Trinajstić information content (AvgIpc) is 3.19. The minimum atomic E-state index is -0.115. The minimum Gasteiger partial charge on any atom is -0.325 e. The number of para-hydroxylation sites is 1. The van der Waals surface area contributed by atoms with E-state index in [1.54, 1.807) is 0 Å². The molecule has 24 heavy (non-hydrogen) atoms. The van der Waals surface area contributed by atoms with Crippen molar-refractivity contribution in [1.82, 2.24) is 4.98 Å². The van der Waals surface area contributed by atoms with Crippen LogP contribution in [0.25, 0.3) is 11.3 Å². The predicted molar refractivity (Wildman–Crippen MR) is 98.3 cm³/mol. The van der Waals surface area contributed by atoms with Crippen LogP contribution in [0.15, 0.2) is 53.9 Å². The van der Waals surface area contributed by atoms with Crippen molar-refractivity contribution in [2.24, 2.45) is 0 Å². The van der Waals surface area contributed by atoms with Gasteiger partial charge in [0.15, 0.2) is 0 Å². The summed E-state index contributed by atoms with van der Waals surface area (Å²) in [6.45, 7) is 1.92. The first-order valence-electron chi connectivity index (χ1n) is 7.68. The topological polar surface area (TPSA) is 66.1 Å². The Kier molecular flexibility index (Phi) is 3.66. The van der Waals surface area contributed by atoms with Crippen LogP contribution >= 0.6 is 11.3 Å². The van der Waals surface area contributed by atoms with Crippen LogP contribution in [-0.2, 0) is 4.79 Å². The number of nitrogens with zero attached hydrogens (tertiary/aromatic N) is 1. The number of rotatable bonds is 4. The molecule has 2 aromatic carbocycles. The number of benzene rings is 2. The van der Waals surface area contributed by atoms with Gasteiger partial charge in [-0.05, 0) is 36.8 Å². The first-order valence-corrected chi connectivity index (χ1v) is 8.56. The second-order valence-corrected chi connectivity index (χ2v) is 6.52. The van der Waals surface area contributed by atoms with Gasteiger partial charge in [-0.3, -0.25) is 15.6 Å². The number of hydrazine groups is 1. The van der Waals surface area contributed by atoms with Gasteiger partial charge in [-0.2, -0.15) is 0 Å². The summed E-state index contributed by atoms with van der Waals surface area (Å²) in [6, 6.07) is 15.8. The standard InChI is InChI=1S/C18H16N4OS/c1-11-14-9-12(7-8-15(14)19-17(11)23)16-10-24-18(20-16)22-21-13-5-3-2-4-6-13/h2-11,21H,1H3,(H,19,23)(H,20,22)/t11-/m0/s1. The number of fused-ring (bicyclic) bond motifs is 1. The quantitative estimate of drug-likeness (QED) is 0.621. The van der Waals surface area contributed by atoms with Gasteiger partial charge in [0.25, 0.3) is 0 Å². The van der Waals surface area contributed by atoms with Crippen molar-refractivity contribution in [3.05, 3.63) is 59.5 Å². The highest BCUT2D eigenvalue weighted by Crippen LogP contribution is 2.36. The first kappa shape index (κ1) is 14.7. The molecule has 1 aromatic heterocycles. The monoisotopic (exact) mass is 336 g/mol. The lowest BCUT2D eigenvalue weighted by Gasteiger charge is -2.06. The van der Waals surface area contributed by atoms with Crippen LogP contribution in [0.4, 0.5) is 16.5 Å². The summed E-state index contributed by atoms with van der Waals surface area (Å²) in [5.41, 5.74) is 11.0. The third-order valence-electron chi connectivity index (χ3n) is 4.06. The molecule has 3 aromatic rings. The van der Waals surface area contributed by atoms with E-state index in [-0.39, 0.29) is 11.8 Å². The molecule has 0 unspecified atom stereocenters. The number of carbonyl (C=O) groups excluding carboxylic acids is 1. The summed E-state index contributed by atoms with van der Waals surface area (Å²) in [4.78, 5) is 16.4. The molecule has 0 spiro atoms. The van der Waals surface area contributed by atoms with Gasteiger partial charge >= 0.3 is 0 Å². The first-order chi connectivity index (χ1) is 11.7. The molecule has 2 heterocycles. The average molecular weight is 336 g/mol. The Labute approximate surface area is 143 Å². The van der Waals surface area contributed by atoms with Crippen LogP contribution in [0.3, 0.4) is 0 Å². The lowest BCUT2D eigenvalue weighted by atomic mass is 10.00. The number of aromatic nitrogens is 1. The fourth-order valence-electron chi connectivity index (χ4n) is 2.69. The molecule has 120 valence electrons. The zero-order chi connectivity index (χ0) is 16.5. The van der Waals surface area contributed by atoms with Crippen molar-refractivity contribution in [3.63, 3.8) is 0 Å². The van der Waals surface area contributed by atoms with Gasteiger partial charge in [0.05, 0.1) is 17.3 Å². The smallest absolute Gasteiger partial charge is 0.231 e. The number of hydrogen-bond acceptors (Lipinski definition) is 5. The predicted octanol–water partition coefficient (Wildman–Crippen LogP) is 4.30. The van der Waals surface area contributed by atoms with E-state index >= 15 is 0 Å². The summed E-state index contributed by atoms with van der Waals surface area (Å²) < 4.78 is 0. The van der Waals surface area contributed by atoms with Crippen LogP contribution in [0.5, 0.6) is 0 Å². The van der Waals surface area contributed by atoms with Gasteiger partial charge in [-0.1, -0.05) is 24.3 Å². The molecule has 1 amide bonds. The summed E-state index contributed by atoms with van der Waals surface area (Å²) >= 11 is 1.53. The van der Waals surface area contributed by atoms with E-state index in [2.05, 4.69) is 21.2 Å². The molecule has 1 atom stereocenters. The Balaban J connectivity index is 1.52. The fraction of sp³-hybridized carbons (Fsp3) is 0.111. The molecular weight excluding hydrogens is 320 g/mol. The van der Waals surface area contributed by atoms with Crippen molar-refractivity contribution >= 4 is 33.8 Å². The summed E-state index contributed by atoms with van der Waals surface area (Å²) in [6.07, 6.45) is 0.